The highest BCUT2D eigenvalue weighted by Crippen LogP contribution is 2.23. The van der Waals surface area contributed by atoms with Crippen molar-refractivity contribution in [1.29, 1.82) is 0 Å². The van der Waals surface area contributed by atoms with Crippen LogP contribution in [0.1, 0.15) is 21.6 Å². The van der Waals surface area contributed by atoms with Gasteiger partial charge in [-0.25, -0.2) is 0 Å². The van der Waals surface area contributed by atoms with Gasteiger partial charge >= 0.3 is 0 Å². The van der Waals surface area contributed by atoms with E-state index in [-0.39, 0.29) is 5.56 Å². The average Bonchev–Trinajstić information content (AvgIpc) is 2.58. The van der Waals surface area contributed by atoms with E-state index in [1.807, 2.05) is 31.2 Å². The highest BCUT2D eigenvalue weighted by atomic mass is 16.5. The third-order valence-electron chi connectivity index (χ3n) is 3.67. The van der Waals surface area contributed by atoms with Crippen LogP contribution in [0.25, 0.3) is 0 Å². The molecule has 5 heteroatoms. The zero-order valence-corrected chi connectivity index (χ0v) is 14.0. The molecule has 0 saturated carbocycles. The van der Waals surface area contributed by atoms with Gasteiger partial charge in [0.2, 0.25) is 0 Å². The smallest absolute Gasteiger partial charge is 0.261 e. The van der Waals surface area contributed by atoms with Crippen molar-refractivity contribution < 1.29 is 9.53 Å². The Morgan fingerprint density at radius 3 is 2.08 bits per heavy atom. The lowest BCUT2D eigenvalue weighted by molar-refractivity contribution is 0.102. The lowest BCUT2D eigenvalue weighted by Crippen LogP contribution is -2.23. The number of hydrogen-bond acceptors (Lipinski definition) is 3. The Labute approximate surface area is 145 Å². The monoisotopic (exact) mass is 334 g/mol. The van der Waals surface area contributed by atoms with E-state index in [1.54, 1.807) is 37.3 Å². The number of nitrogens with one attached hydrogen (secondary N) is 2. The molecule has 0 spiro atoms. The van der Waals surface area contributed by atoms with Gasteiger partial charge in [-0.3, -0.25) is 9.59 Å². The molecule has 0 saturated heterocycles. The molecule has 1 amide bonds. The van der Waals surface area contributed by atoms with Gasteiger partial charge in [0.15, 0.2) is 0 Å². The van der Waals surface area contributed by atoms with Crippen molar-refractivity contribution in [3.05, 3.63) is 87.8 Å². The first-order chi connectivity index (χ1) is 12.0. The Morgan fingerprint density at radius 1 is 0.880 bits per heavy atom. The molecule has 3 rings (SSSR count). The van der Waals surface area contributed by atoms with Gasteiger partial charge < -0.3 is 15.0 Å². The van der Waals surface area contributed by atoms with Crippen LogP contribution in [-0.2, 0) is 0 Å². The minimum absolute atomic E-state index is 0.0746. The van der Waals surface area contributed by atoms with Crippen molar-refractivity contribution >= 4 is 11.6 Å². The lowest BCUT2D eigenvalue weighted by atomic mass is 10.2. The number of rotatable bonds is 4. The number of amides is 1. The van der Waals surface area contributed by atoms with Crippen LogP contribution in [0.15, 0.2) is 65.5 Å². The lowest BCUT2D eigenvalue weighted by Gasteiger charge is -2.08. The molecule has 0 aliphatic carbocycles. The summed E-state index contributed by atoms with van der Waals surface area (Å²) in [6.07, 6.45) is 0. The van der Waals surface area contributed by atoms with Crippen LogP contribution in [0.4, 0.5) is 5.69 Å². The number of aromatic amines is 1. The van der Waals surface area contributed by atoms with Crippen LogP contribution in [-0.4, -0.2) is 10.9 Å². The Kier molecular flexibility index (Phi) is 4.66. The minimum atomic E-state index is -0.451. The van der Waals surface area contributed by atoms with Crippen molar-refractivity contribution in [3.8, 4) is 11.5 Å². The molecular formula is C20H18N2O3. The largest absolute Gasteiger partial charge is 0.457 e. The number of aryl methyl sites for hydroxylation is 2. The zero-order valence-electron chi connectivity index (χ0n) is 14.0. The summed E-state index contributed by atoms with van der Waals surface area (Å²) in [5, 5.41) is 2.70. The average molecular weight is 334 g/mol. The maximum atomic E-state index is 12.2. The van der Waals surface area contributed by atoms with Crippen molar-refractivity contribution in [2.75, 3.05) is 5.32 Å². The standard InChI is InChI=1S/C20H18N2O3/c1-13-3-8-16(9-4-13)25-17-10-6-15(7-11-17)22-20(24)18-12-5-14(2)21-19(18)23/h3-12H,1-2H3,(H,21,23)(H,22,24). The Hall–Kier alpha value is -3.34. The number of pyridine rings is 1. The van der Waals surface area contributed by atoms with Gasteiger partial charge in [0.25, 0.3) is 11.5 Å². The predicted octanol–water partition coefficient (Wildman–Crippen LogP) is 4.04. The third-order valence-corrected chi connectivity index (χ3v) is 3.67. The molecule has 1 heterocycles. The zero-order chi connectivity index (χ0) is 17.8. The van der Waals surface area contributed by atoms with E-state index in [1.165, 1.54) is 6.07 Å². The van der Waals surface area contributed by atoms with Crippen LogP contribution in [0.5, 0.6) is 11.5 Å². The van der Waals surface area contributed by atoms with E-state index in [2.05, 4.69) is 10.3 Å². The minimum Gasteiger partial charge on any atom is -0.457 e. The molecule has 0 fully saturated rings. The number of carbonyl (C=O) groups is 1. The Bertz CT molecular complexity index is 942. The molecular weight excluding hydrogens is 316 g/mol. The van der Waals surface area contributed by atoms with Gasteiger partial charge in [-0.1, -0.05) is 17.7 Å². The number of H-pyrrole nitrogens is 1. The number of carbonyl (C=O) groups excluding carboxylic acids is 1. The Morgan fingerprint density at radius 2 is 1.48 bits per heavy atom. The van der Waals surface area contributed by atoms with Gasteiger partial charge in [0, 0.05) is 11.4 Å². The summed E-state index contributed by atoms with van der Waals surface area (Å²) in [4.78, 5) is 26.6. The highest BCUT2D eigenvalue weighted by Gasteiger charge is 2.10. The van der Waals surface area contributed by atoms with Crippen LogP contribution in [0.3, 0.4) is 0 Å². The van der Waals surface area contributed by atoms with E-state index in [4.69, 9.17) is 4.74 Å². The maximum absolute atomic E-state index is 12.2. The summed E-state index contributed by atoms with van der Waals surface area (Å²) in [5.74, 6) is 0.956. The highest BCUT2D eigenvalue weighted by molar-refractivity contribution is 6.04. The molecule has 0 unspecified atom stereocenters. The molecule has 0 aliphatic heterocycles. The van der Waals surface area contributed by atoms with Gasteiger partial charge in [-0.2, -0.15) is 0 Å². The molecule has 2 aromatic carbocycles. The SMILES string of the molecule is Cc1ccc(Oc2ccc(NC(=O)c3ccc(C)[nH]c3=O)cc2)cc1. The summed E-state index contributed by atoms with van der Waals surface area (Å²) in [6, 6.07) is 17.9. The summed E-state index contributed by atoms with van der Waals surface area (Å²) in [6.45, 7) is 3.77. The van der Waals surface area contributed by atoms with E-state index in [0.29, 0.717) is 17.1 Å². The van der Waals surface area contributed by atoms with Gasteiger partial charge in [0.1, 0.15) is 17.1 Å². The summed E-state index contributed by atoms with van der Waals surface area (Å²) < 4.78 is 5.74. The van der Waals surface area contributed by atoms with Crippen LogP contribution < -0.4 is 15.6 Å². The summed E-state index contributed by atoms with van der Waals surface area (Å²) in [7, 11) is 0. The van der Waals surface area contributed by atoms with Gasteiger partial charge in [-0.05, 0) is 62.4 Å². The molecule has 0 atom stereocenters. The molecule has 1 aromatic heterocycles. The first-order valence-electron chi connectivity index (χ1n) is 7.87. The fourth-order valence-electron chi connectivity index (χ4n) is 2.30. The number of ether oxygens (including phenoxy) is 1. The van der Waals surface area contributed by atoms with Crippen molar-refractivity contribution in [1.82, 2.24) is 4.98 Å². The molecule has 3 aromatic rings. The number of benzene rings is 2. The quantitative estimate of drug-likeness (QED) is 0.756. The predicted molar refractivity (Wildman–Crippen MR) is 97.4 cm³/mol. The van der Waals surface area contributed by atoms with Crippen molar-refractivity contribution in [2.24, 2.45) is 0 Å². The second-order valence-electron chi connectivity index (χ2n) is 5.78. The Balaban J connectivity index is 1.68. The topological polar surface area (TPSA) is 71.2 Å². The molecule has 25 heavy (non-hydrogen) atoms. The number of hydrogen-bond donors (Lipinski definition) is 2. The molecule has 0 aliphatic rings. The fourth-order valence-corrected chi connectivity index (χ4v) is 2.30. The second kappa shape index (κ2) is 7.05. The van der Waals surface area contributed by atoms with E-state index < -0.39 is 11.5 Å². The van der Waals surface area contributed by atoms with Crippen LogP contribution in [0.2, 0.25) is 0 Å². The summed E-state index contributed by atoms with van der Waals surface area (Å²) >= 11 is 0. The summed E-state index contributed by atoms with van der Waals surface area (Å²) in [5.41, 5.74) is 2.12. The first-order valence-corrected chi connectivity index (χ1v) is 7.87. The van der Waals surface area contributed by atoms with Gasteiger partial charge in [-0.15, -0.1) is 0 Å². The second-order valence-corrected chi connectivity index (χ2v) is 5.78. The molecule has 5 nitrogen and oxygen atoms in total. The third kappa shape index (κ3) is 4.14. The molecule has 0 bridgehead atoms. The van der Waals surface area contributed by atoms with E-state index in [9.17, 15) is 9.59 Å². The fraction of sp³-hybridized carbons (Fsp3) is 0.100. The van der Waals surface area contributed by atoms with Crippen LogP contribution in [0, 0.1) is 13.8 Å². The molecule has 126 valence electrons. The maximum Gasteiger partial charge on any atom is 0.261 e. The number of anilines is 1. The van der Waals surface area contributed by atoms with E-state index >= 15 is 0 Å². The van der Waals surface area contributed by atoms with Gasteiger partial charge in [0.05, 0.1) is 0 Å². The molecule has 2 N–H and O–H groups in total. The van der Waals surface area contributed by atoms with Crippen molar-refractivity contribution in [3.63, 3.8) is 0 Å². The molecule has 0 radical (unpaired) electrons. The number of aromatic nitrogens is 1. The van der Waals surface area contributed by atoms with Crippen molar-refractivity contribution in [2.45, 2.75) is 13.8 Å². The first kappa shape index (κ1) is 16.5. The van der Waals surface area contributed by atoms with E-state index in [0.717, 1.165) is 11.3 Å². The normalized spacial score (nSPS) is 10.3. The van der Waals surface area contributed by atoms with Crippen LogP contribution >= 0.6 is 0 Å².